The Labute approximate surface area is 276 Å². The van der Waals surface area contributed by atoms with E-state index in [4.69, 9.17) is 16.2 Å². The third-order valence-corrected chi connectivity index (χ3v) is 8.79. The van der Waals surface area contributed by atoms with Crippen molar-refractivity contribution in [3.8, 4) is 0 Å². The second kappa shape index (κ2) is 19.1. The van der Waals surface area contributed by atoms with Gasteiger partial charge in [0.2, 0.25) is 5.91 Å². The van der Waals surface area contributed by atoms with Gasteiger partial charge in [0.1, 0.15) is 5.82 Å². The molecule has 2 aromatic carbocycles. The summed E-state index contributed by atoms with van der Waals surface area (Å²) in [5.41, 5.74) is 2.59. The van der Waals surface area contributed by atoms with Crippen molar-refractivity contribution in [1.29, 1.82) is 0 Å². The third-order valence-electron chi connectivity index (χ3n) is 8.07. The number of amides is 1. The van der Waals surface area contributed by atoms with E-state index in [1.807, 2.05) is 32.2 Å². The summed E-state index contributed by atoms with van der Waals surface area (Å²) in [7, 11) is 0. The first-order valence-electron chi connectivity index (χ1n) is 15.9. The molecular formula is C35H48ClFN4O3S. The number of nitrogens with one attached hydrogen (secondary N) is 3. The number of carbonyl (C=O) groups excluding carboxylic acids is 1. The molecule has 246 valence electrons. The molecule has 0 aliphatic rings. The number of hydrogen-bond donors (Lipinski definition) is 4. The van der Waals surface area contributed by atoms with Crippen molar-refractivity contribution < 1.29 is 13.7 Å². The van der Waals surface area contributed by atoms with Gasteiger partial charge in [0.25, 0.3) is 5.56 Å². The Morgan fingerprint density at radius 2 is 1.73 bits per heavy atom. The van der Waals surface area contributed by atoms with Crippen LogP contribution in [-0.4, -0.2) is 46.0 Å². The molecule has 0 aliphatic carbocycles. The van der Waals surface area contributed by atoms with Crippen molar-refractivity contribution in [2.75, 3.05) is 24.2 Å². The van der Waals surface area contributed by atoms with Gasteiger partial charge >= 0.3 is 0 Å². The fraction of sp³-hybridized carbons (Fsp3) is 0.486. The maximum Gasteiger partial charge on any atom is 0.250 e. The summed E-state index contributed by atoms with van der Waals surface area (Å²) in [6.45, 7) is 9.81. The van der Waals surface area contributed by atoms with Crippen LogP contribution in [0.2, 0.25) is 5.02 Å². The van der Waals surface area contributed by atoms with Crippen LogP contribution in [0, 0.1) is 5.82 Å². The van der Waals surface area contributed by atoms with Gasteiger partial charge in [0.05, 0.1) is 0 Å². The minimum Gasteiger partial charge on any atom is -0.330 e. The zero-order valence-corrected chi connectivity index (χ0v) is 28.4. The molecule has 0 bridgehead atoms. The second-order valence-corrected chi connectivity index (χ2v) is 12.9. The first kappa shape index (κ1) is 36.8. The number of rotatable bonds is 19. The highest BCUT2D eigenvalue weighted by Gasteiger charge is 2.21. The van der Waals surface area contributed by atoms with Crippen LogP contribution in [0.15, 0.2) is 65.6 Å². The number of anilines is 1. The molecule has 0 fully saturated rings. The molecule has 1 amide bonds. The number of hydrogen-bond acceptors (Lipinski definition) is 6. The predicted octanol–water partition coefficient (Wildman–Crippen LogP) is 7.65. The Morgan fingerprint density at radius 1 is 1.00 bits per heavy atom. The average Bonchev–Trinajstić information content (AvgIpc) is 3.00. The molecule has 0 aliphatic heterocycles. The highest BCUT2D eigenvalue weighted by molar-refractivity contribution is 7.93. The van der Waals surface area contributed by atoms with Gasteiger partial charge in [0, 0.05) is 64.8 Å². The molecular weight excluding hydrogens is 611 g/mol. The van der Waals surface area contributed by atoms with Gasteiger partial charge in [-0.05, 0) is 113 Å². The number of nitrogens with zero attached hydrogens (tertiary/aromatic N) is 1. The molecule has 0 spiro atoms. The standard InChI is InChI=1S/C35H48ClFN4O3S/c1-5-38-29(8-7-21-45-44)19-20-39-25(4)11-17-30-32(37)9-6-10-33(30)40-34(42)22-31(26-12-15-28(36)16-13-26)27-14-18-35(43)41(23-27)24(2)3/h6,9-10,12-16,18,23-25,29,31,38-39,44H,5,7-8,11,17,19-22H2,1-4H3,(H,40,42). The highest BCUT2D eigenvalue weighted by Crippen LogP contribution is 2.30. The molecule has 3 aromatic rings. The van der Waals surface area contributed by atoms with E-state index in [1.165, 1.54) is 12.1 Å². The highest BCUT2D eigenvalue weighted by atomic mass is 35.5. The Hall–Kier alpha value is -2.69. The number of carbonyl (C=O) groups is 1. The predicted molar refractivity (Wildman–Crippen MR) is 186 cm³/mol. The number of pyridine rings is 1. The van der Waals surface area contributed by atoms with Gasteiger partial charge in [-0.2, -0.15) is 0 Å². The van der Waals surface area contributed by atoms with Crippen LogP contribution < -0.4 is 21.5 Å². The minimum absolute atomic E-state index is 0.0330. The van der Waals surface area contributed by atoms with Gasteiger partial charge in [-0.25, -0.2) is 4.39 Å². The van der Waals surface area contributed by atoms with E-state index < -0.39 is 0 Å². The molecule has 45 heavy (non-hydrogen) atoms. The minimum atomic E-state index is -0.341. The summed E-state index contributed by atoms with van der Waals surface area (Å²) in [6, 6.07) is 16.0. The molecule has 0 saturated carbocycles. The van der Waals surface area contributed by atoms with Crippen LogP contribution in [0.3, 0.4) is 0 Å². The first-order chi connectivity index (χ1) is 21.6. The van der Waals surface area contributed by atoms with Gasteiger partial charge in [-0.15, -0.1) is 0 Å². The van der Waals surface area contributed by atoms with Crippen molar-refractivity contribution in [3.63, 3.8) is 0 Å². The lowest BCUT2D eigenvalue weighted by molar-refractivity contribution is -0.116. The zero-order chi connectivity index (χ0) is 32.8. The summed E-state index contributed by atoms with van der Waals surface area (Å²) in [6.07, 6.45) is 6.05. The summed E-state index contributed by atoms with van der Waals surface area (Å²) < 4.78 is 25.7. The lowest BCUT2D eigenvalue weighted by Gasteiger charge is -2.21. The fourth-order valence-electron chi connectivity index (χ4n) is 5.57. The molecule has 7 nitrogen and oxygen atoms in total. The van der Waals surface area contributed by atoms with Crippen molar-refractivity contribution >= 4 is 35.2 Å². The van der Waals surface area contributed by atoms with Crippen LogP contribution >= 0.6 is 23.6 Å². The maximum absolute atomic E-state index is 15.1. The lowest BCUT2D eigenvalue weighted by Crippen LogP contribution is -2.35. The van der Waals surface area contributed by atoms with Gasteiger partial charge in [-0.1, -0.05) is 42.8 Å². The third kappa shape index (κ3) is 11.9. The Bertz CT molecular complexity index is 1400. The molecule has 3 atom stereocenters. The first-order valence-corrected chi connectivity index (χ1v) is 17.2. The average molecular weight is 659 g/mol. The second-order valence-electron chi connectivity index (χ2n) is 11.8. The normalized spacial score (nSPS) is 13.5. The SMILES string of the molecule is CCNC(CCCSO)CCNC(C)CCc1c(F)cccc1NC(=O)CC(c1ccc(Cl)cc1)c1ccc(=O)n(C(C)C)c1. The molecule has 1 heterocycles. The summed E-state index contributed by atoms with van der Waals surface area (Å²) in [5, 5.41) is 10.6. The van der Waals surface area contributed by atoms with Crippen molar-refractivity contribution in [2.24, 2.45) is 0 Å². The Balaban J connectivity index is 1.68. The number of benzene rings is 2. The smallest absolute Gasteiger partial charge is 0.250 e. The number of halogens is 2. The van der Waals surface area contributed by atoms with E-state index in [9.17, 15) is 9.59 Å². The molecule has 3 unspecified atom stereocenters. The van der Waals surface area contributed by atoms with Crippen molar-refractivity contribution in [1.82, 2.24) is 15.2 Å². The topological polar surface area (TPSA) is 95.4 Å². The molecule has 4 N–H and O–H groups in total. The zero-order valence-electron chi connectivity index (χ0n) is 26.8. The van der Waals surface area contributed by atoms with E-state index in [2.05, 4.69) is 29.8 Å². The van der Waals surface area contributed by atoms with Crippen LogP contribution in [0.4, 0.5) is 10.1 Å². The molecule has 10 heteroatoms. The Morgan fingerprint density at radius 3 is 2.42 bits per heavy atom. The van der Waals surface area contributed by atoms with E-state index >= 15 is 4.39 Å². The monoisotopic (exact) mass is 658 g/mol. The van der Waals surface area contributed by atoms with Crippen molar-refractivity contribution in [2.45, 2.75) is 90.3 Å². The summed E-state index contributed by atoms with van der Waals surface area (Å²) >= 11 is 7.04. The maximum atomic E-state index is 15.1. The van der Waals surface area contributed by atoms with Crippen LogP contribution in [0.25, 0.3) is 0 Å². The van der Waals surface area contributed by atoms with Crippen LogP contribution in [0.5, 0.6) is 0 Å². The van der Waals surface area contributed by atoms with E-state index in [1.54, 1.807) is 34.9 Å². The van der Waals surface area contributed by atoms with Gasteiger partial charge in [-0.3, -0.25) is 9.59 Å². The van der Waals surface area contributed by atoms with Crippen molar-refractivity contribution in [3.05, 3.63) is 98.7 Å². The molecule has 0 saturated heterocycles. The molecule has 3 rings (SSSR count). The quantitative estimate of drug-likeness (QED) is 0.0781. The van der Waals surface area contributed by atoms with Gasteiger partial charge in [0.15, 0.2) is 0 Å². The van der Waals surface area contributed by atoms with E-state index in [-0.39, 0.29) is 41.7 Å². The summed E-state index contributed by atoms with van der Waals surface area (Å²) in [4.78, 5) is 26.0. The molecule has 0 radical (unpaired) electrons. The Kier molecular flexibility index (Phi) is 15.6. The van der Waals surface area contributed by atoms with E-state index in [0.29, 0.717) is 35.2 Å². The van der Waals surface area contributed by atoms with Gasteiger partial charge < -0.3 is 25.1 Å². The fourth-order valence-corrected chi connectivity index (χ4v) is 5.99. The summed E-state index contributed by atoms with van der Waals surface area (Å²) in [5.74, 6) is -0.180. The lowest BCUT2D eigenvalue weighted by atomic mass is 9.89. The van der Waals surface area contributed by atoms with Crippen LogP contribution in [-0.2, 0) is 11.2 Å². The van der Waals surface area contributed by atoms with E-state index in [0.717, 1.165) is 61.3 Å². The van der Waals surface area contributed by atoms with Crippen LogP contribution in [0.1, 0.15) is 88.4 Å². The number of aromatic nitrogens is 1. The molecule has 1 aromatic heterocycles. The largest absolute Gasteiger partial charge is 0.330 e.